The van der Waals surface area contributed by atoms with Gasteiger partial charge in [-0.2, -0.15) is 19.8 Å². The van der Waals surface area contributed by atoms with Crippen LogP contribution in [0.1, 0.15) is 0 Å². The molecule has 0 spiro atoms. The summed E-state index contributed by atoms with van der Waals surface area (Å²) in [7, 11) is 0. The van der Waals surface area contributed by atoms with E-state index in [1.165, 1.54) is 0 Å². The van der Waals surface area contributed by atoms with E-state index in [4.69, 9.17) is 0 Å². The summed E-state index contributed by atoms with van der Waals surface area (Å²) in [5.74, 6) is 0. The maximum atomic E-state index is 0. The second-order valence-corrected chi connectivity index (χ2v) is 0. The van der Waals surface area contributed by atoms with Gasteiger partial charge >= 0.3 is 0 Å². The van der Waals surface area contributed by atoms with Gasteiger partial charge in [0.05, 0.1) is 0 Å². The molecule has 2 unspecified atom stereocenters. The van der Waals surface area contributed by atoms with Gasteiger partial charge in [-0.3, -0.25) is 0 Å². The van der Waals surface area contributed by atoms with Gasteiger partial charge in [0, 0.05) is 635 Å². The van der Waals surface area contributed by atoms with Crippen LogP contribution in [0.15, 0.2) is 0 Å². The van der Waals surface area contributed by atoms with E-state index < -0.39 is 0 Å². The monoisotopic (exact) mass is 4950 g/mol. The molecule has 70 nitrogen and oxygen atoms in total. The maximum Gasteiger partial charge on any atom is 0 e. The third-order valence-corrected chi connectivity index (χ3v) is 0. The van der Waals surface area contributed by atoms with E-state index in [2.05, 4.69) is 0 Å². The summed E-state index contributed by atoms with van der Waals surface area (Å²) in [6.07, 6.45) is 0. The van der Waals surface area contributed by atoms with Crippen LogP contribution in [-0.4, -0.2) is 572 Å². The van der Waals surface area contributed by atoms with E-state index in [0.717, 1.165) is 0 Å². The molecule has 14 radical (unpaired) electrons. The average molecular weight is 4940 g/mol. The Morgan fingerprint density at radius 3 is 0.0481 bits per heavy atom. The molecule has 0 amide bonds. The summed E-state index contributed by atoms with van der Waals surface area (Å²) >= 11 is 0. The van der Waals surface area contributed by atoms with Gasteiger partial charge < -0.3 is 383 Å². The molecular weight excluding hydrogens is 4800 g/mol. The summed E-state index contributed by atoms with van der Waals surface area (Å²) in [5, 5.41) is 0. The van der Waals surface area contributed by atoms with Gasteiger partial charge in [0.1, 0.15) is 0 Å². The summed E-state index contributed by atoms with van der Waals surface area (Å²) in [6, 6.07) is 0. The molecule has 730 valence electrons. The van der Waals surface area contributed by atoms with E-state index in [0.29, 0.717) is 0 Å². The van der Waals surface area contributed by atoms with Crippen LogP contribution in [0.4, 0.5) is 0 Å². The molecule has 0 heterocycles. The first kappa shape index (κ1) is 5310. The molecule has 2 atom stereocenters. The predicted octanol–water partition coefficient (Wildman–Crippen LogP) is -61.5. The minimum Gasteiger partial charge on any atom is -0.412 e. The normalized spacial score (nSPS) is 0. The third-order valence-electron chi connectivity index (χ3n) is 0. The standard InChI is InChI=1S/4Co.10Li.70H2O.2H3P.18W/h;;;;;;;;;;;;;;70*1H2;2*1H3;;;;;;;;;;;;;;;;;;. The molecule has 0 saturated heterocycles. The van der Waals surface area contributed by atoms with Crippen molar-refractivity contribution in [2.75, 3.05) is 0 Å². The third kappa shape index (κ3) is 5050. The van der Waals surface area contributed by atoms with Crippen LogP contribution in [0.3, 0.4) is 0 Å². The Bertz CT molecular complexity index is 150. The Kier molecular flexibility index (Phi) is 264000. The first-order valence-corrected chi connectivity index (χ1v) is 0. The van der Waals surface area contributed by atoms with E-state index in [9.17, 15) is 0 Å². The van der Waals surface area contributed by atoms with Gasteiger partial charge in [0.25, 0.3) is 0 Å². The van der Waals surface area contributed by atoms with Gasteiger partial charge in [0.15, 0.2) is 0 Å². The van der Waals surface area contributed by atoms with Gasteiger partial charge in [-0.25, -0.2) is 0 Å². The van der Waals surface area contributed by atoms with Crippen molar-refractivity contribution >= 4 is 208 Å². The SMILES string of the molecule is O.O.O.O.O.O.O.O.O.O.O.O.O.O.O.O.O.O.O.O.O.O.O.O.O.O.O.O.O.O.O.O.O.O.O.O.O.O.O.O.O.O.O.O.O.O.O.O.O.O.O.O.O.O.O.O.O.O.O.O.O.O.O.O.O.O.O.O.O.O.P.P.[Co].[Co].[Co].[Co].[Li].[Li].[Li].[Li].[Li].[Li].[Li].[Li].[Li].[Li].[W].[W].[W].[W].[W].[W].[W].[W].[W].[W].[W].[W].[W].[W].[W].[W].[W].[W]. The van der Waals surface area contributed by atoms with Gasteiger partial charge in [-0.05, 0) is 0 Å². The van der Waals surface area contributed by atoms with Gasteiger partial charge in [0.2, 0.25) is 0 Å². The fourth-order valence-electron chi connectivity index (χ4n) is 0. The minimum atomic E-state index is 0. The van der Waals surface area contributed by atoms with Crippen molar-refractivity contribution in [3.8, 4) is 0 Å². The molecule has 0 aromatic rings. The molecular formula is H146Co4Li10O70P2W18. The van der Waals surface area contributed by atoms with Crippen molar-refractivity contribution in [2.45, 2.75) is 0 Å². The maximum absolute atomic E-state index is 0. The van der Waals surface area contributed by atoms with Crippen molar-refractivity contribution < 1.29 is 830 Å². The predicted molar refractivity (Wildman–Crippen MR) is 333 cm³/mol. The molecule has 140 N–H and O–H groups in total. The van der Waals surface area contributed by atoms with Crippen molar-refractivity contribution in [3.63, 3.8) is 0 Å². The van der Waals surface area contributed by atoms with Crippen LogP contribution in [0.25, 0.3) is 0 Å². The Morgan fingerprint density at radius 2 is 0.0481 bits per heavy atom. The number of rotatable bonds is 0. The minimum absolute atomic E-state index is 0. The van der Waals surface area contributed by atoms with Crippen LogP contribution in [0, 0.1) is 0 Å². The fourth-order valence-corrected chi connectivity index (χ4v) is 0. The van der Waals surface area contributed by atoms with E-state index >= 15 is 0 Å². The van der Waals surface area contributed by atoms with Gasteiger partial charge in [-0.1, -0.05) is 0 Å². The molecule has 0 aliphatic carbocycles. The van der Waals surface area contributed by atoms with Crippen molar-refractivity contribution in [2.24, 2.45) is 0 Å². The summed E-state index contributed by atoms with van der Waals surface area (Å²) in [6.45, 7) is 0. The van der Waals surface area contributed by atoms with Crippen molar-refractivity contribution in [1.29, 1.82) is 0 Å². The Balaban J connectivity index is 0. The summed E-state index contributed by atoms with van der Waals surface area (Å²) < 4.78 is 0. The van der Waals surface area contributed by atoms with Crippen LogP contribution < -0.4 is 0 Å². The Hall–Kier alpha value is 18.4. The Labute approximate surface area is 1020 Å². The van der Waals surface area contributed by atoms with Crippen LogP contribution in [0.5, 0.6) is 0 Å². The molecule has 0 bridgehead atoms. The molecule has 104 heavy (non-hydrogen) atoms. The molecule has 0 saturated carbocycles. The van der Waals surface area contributed by atoms with E-state index in [1.807, 2.05) is 0 Å². The zero-order valence-corrected chi connectivity index (χ0v) is 115. The molecule has 0 aromatic carbocycles. The average Bonchev–Trinajstić information content (AvgIpc) is 0. The van der Waals surface area contributed by atoms with Crippen LogP contribution in [-0.2, 0) is 446 Å². The topological polar surface area (TPSA) is 2200 Å². The second-order valence-electron chi connectivity index (χ2n) is 0. The summed E-state index contributed by atoms with van der Waals surface area (Å²) in [5.41, 5.74) is 0. The molecule has 0 fully saturated rings. The quantitative estimate of drug-likeness (QED) is 0.161. The zero-order valence-electron chi connectivity index (χ0n) is 55.1. The molecule has 0 aliphatic heterocycles. The molecule has 0 aliphatic rings. The van der Waals surface area contributed by atoms with Gasteiger partial charge in [-0.15, -0.1) is 0 Å². The first-order chi connectivity index (χ1) is 0. The fraction of sp³-hybridized carbons (Fsp3) is 0. The number of hydrogen-bond acceptors (Lipinski definition) is 0. The van der Waals surface area contributed by atoms with Crippen molar-refractivity contribution in [1.82, 2.24) is 0 Å². The smallest absolute Gasteiger partial charge is 0 e. The summed E-state index contributed by atoms with van der Waals surface area (Å²) in [4.78, 5) is 0. The Morgan fingerprint density at radius 1 is 0.0481 bits per heavy atom. The molecule has 0 rings (SSSR count). The van der Waals surface area contributed by atoms with Crippen molar-refractivity contribution in [3.05, 3.63) is 0 Å². The largest absolute Gasteiger partial charge is 0.412 e. The molecule has 104 heteroatoms. The second kappa shape index (κ2) is 5180. The number of hydrogen-bond donors (Lipinski definition) is 0. The molecule has 0 aromatic heterocycles. The van der Waals surface area contributed by atoms with E-state index in [1.54, 1.807) is 0 Å². The van der Waals surface area contributed by atoms with Crippen LogP contribution in [0.2, 0.25) is 0 Å². The zero-order chi connectivity index (χ0) is 0. The van der Waals surface area contributed by atoms with Crippen LogP contribution >= 0.6 is 19.8 Å². The first-order valence-electron chi connectivity index (χ1n) is 0. The van der Waals surface area contributed by atoms with E-state index in [-0.39, 0.29) is 1040 Å².